The molecule has 0 aliphatic carbocycles. The molecular formula is C7H12O. The van der Waals surface area contributed by atoms with Crippen molar-refractivity contribution >= 4 is 0 Å². The van der Waals surface area contributed by atoms with Crippen molar-refractivity contribution < 1.29 is 5.11 Å². The molecule has 0 aromatic carbocycles. The molecule has 1 nitrogen and oxygen atoms in total. The van der Waals surface area contributed by atoms with Gasteiger partial charge in [0, 0.05) is 0 Å². The lowest BCUT2D eigenvalue weighted by atomic mass is 10.3. The van der Waals surface area contributed by atoms with E-state index >= 15 is 0 Å². The molecule has 0 aromatic rings. The Balaban J connectivity index is 3.20. The molecule has 1 heteroatoms. The van der Waals surface area contributed by atoms with E-state index in [-0.39, 0.29) is 5.76 Å². The zero-order valence-corrected chi connectivity index (χ0v) is 5.22. The van der Waals surface area contributed by atoms with Gasteiger partial charge in [-0.25, -0.2) is 0 Å². The predicted molar refractivity (Wildman–Crippen MR) is 35.8 cm³/mol. The second-order valence-electron chi connectivity index (χ2n) is 1.68. The van der Waals surface area contributed by atoms with Crippen molar-refractivity contribution in [1.29, 1.82) is 0 Å². The molecule has 0 spiro atoms. The molecule has 0 rings (SSSR count). The van der Waals surface area contributed by atoms with Gasteiger partial charge in [-0.1, -0.05) is 26.0 Å². The number of aliphatic hydroxyl groups excluding tert-OH is 1. The number of hydrogen-bond donors (Lipinski definition) is 1. The summed E-state index contributed by atoms with van der Waals surface area (Å²) in [6.45, 7) is 5.38. The van der Waals surface area contributed by atoms with Gasteiger partial charge in [-0.05, 0) is 12.5 Å². The van der Waals surface area contributed by atoms with Crippen molar-refractivity contribution in [2.45, 2.75) is 19.8 Å². The Morgan fingerprint density at radius 1 is 1.75 bits per heavy atom. The largest absolute Gasteiger partial charge is 0.509 e. The maximum absolute atomic E-state index is 8.50. The topological polar surface area (TPSA) is 20.2 Å². The number of allylic oxidation sites excluding steroid dienone is 2. The Labute approximate surface area is 50.3 Å². The van der Waals surface area contributed by atoms with Crippen LogP contribution in [-0.4, -0.2) is 5.11 Å². The van der Waals surface area contributed by atoms with Crippen molar-refractivity contribution in [3.05, 3.63) is 24.5 Å². The van der Waals surface area contributed by atoms with Gasteiger partial charge in [0.15, 0.2) is 0 Å². The number of aliphatic hydroxyl groups is 1. The molecule has 0 amide bonds. The second kappa shape index (κ2) is 4.44. The molecule has 0 bridgehead atoms. The average molecular weight is 112 g/mol. The van der Waals surface area contributed by atoms with E-state index in [1.165, 1.54) is 0 Å². The standard InChI is InChI=1S/C7H12O/c1-3-4-5-6-7(2)8/h5-6,8H,2-4H2,1H3/b6-5+. The fourth-order valence-corrected chi connectivity index (χ4v) is 0.386. The number of unbranched alkanes of at least 4 members (excludes halogenated alkanes) is 1. The van der Waals surface area contributed by atoms with Crippen LogP contribution in [0.15, 0.2) is 24.5 Å². The van der Waals surface area contributed by atoms with Gasteiger partial charge >= 0.3 is 0 Å². The molecule has 0 unspecified atom stereocenters. The van der Waals surface area contributed by atoms with Gasteiger partial charge in [0.25, 0.3) is 0 Å². The zero-order valence-electron chi connectivity index (χ0n) is 5.22. The van der Waals surface area contributed by atoms with Crippen molar-refractivity contribution in [3.63, 3.8) is 0 Å². The van der Waals surface area contributed by atoms with Crippen LogP contribution in [0.2, 0.25) is 0 Å². The first-order chi connectivity index (χ1) is 3.77. The van der Waals surface area contributed by atoms with E-state index in [1.807, 2.05) is 6.08 Å². The number of hydrogen-bond acceptors (Lipinski definition) is 1. The summed E-state index contributed by atoms with van der Waals surface area (Å²) in [6, 6.07) is 0. The van der Waals surface area contributed by atoms with Gasteiger partial charge < -0.3 is 5.11 Å². The summed E-state index contributed by atoms with van der Waals surface area (Å²) < 4.78 is 0. The fourth-order valence-electron chi connectivity index (χ4n) is 0.386. The molecule has 0 aromatic heterocycles. The van der Waals surface area contributed by atoms with Crippen LogP contribution in [0.1, 0.15) is 19.8 Å². The third-order valence-electron chi connectivity index (χ3n) is 0.766. The maximum atomic E-state index is 8.50. The molecule has 0 atom stereocenters. The maximum Gasteiger partial charge on any atom is 0.108 e. The molecule has 1 N–H and O–H groups in total. The van der Waals surface area contributed by atoms with Gasteiger partial charge in [-0.2, -0.15) is 0 Å². The van der Waals surface area contributed by atoms with E-state index in [0.29, 0.717) is 0 Å². The Hall–Kier alpha value is -0.720. The summed E-state index contributed by atoms with van der Waals surface area (Å²) in [5.41, 5.74) is 0. The first kappa shape index (κ1) is 7.28. The summed E-state index contributed by atoms with van der Waals surface area (Å²) in [7, 11) is 0. The Kier molecular flexibility index (Phi) is 4.04. The van der Waals surface area contributed by atoms with E-state index in [1.54, 1.807) is 6.08 Å². The fraction of sp³-hybridized carbons (Fsp3) is 0.429. The van der Waals surface area contributed by atoms with E-state index in [9.17, 15) is 0 Å². The molecule has 8 heavy (non-hydrogen) atoms. The monoisotopic (exact) mass is 112 g/mol. The van der Waals surface area contributed by atoms with Crippen molar-refractivity contribution in [2.75, 3.05) is 0 Å². The smallest absolute Gasteiger partial charge is 0.108 e. The third-order valence-corrected chi connectivity index (χ3v) is 0.766. The molecule has 0 fully saturated rings. The highest BCUT2D eigenvalue weighted by Crippen LogP contribution is 1.91. The molecule has 0 saturated carbocycles. The van der Waals surface area contributed by atoms with Gasteiger partial charge in [0.1, 0.15) is 5.76 Å². The summed E-state index contributed by atoms with van der Waals surface area (Å²) >= 11 is 0. The van der Waals surface area contributed by atoms with Crippen molar-refractivity contribution in [1.82, 2.24) is 0 Å². The van der Waals surface area contributed by atoms with Crippen LogP contribution >= 0.6 is 0 Å². The highest BCUT2D eigenvalue weighted by atomic mass is 16.3. The van der Waals surface area contributed by atoms with Crippen LogP contribution in [-0.2, 0) is 0 Å². The first-order valence-corrected chi connectivity index (χ1v) is 2.81. The number of rotatable bonds is 3. The van der Waals surface area contributed by atoms with E-state index in [2.05, 4.69) is 13.5 Å². The average Bonchev–Trinajstić information content (AvgIpc) is 1.66. The molecule has 0 aliphatic heterocycles. The zero-order chi connectivity index (χ0) is 6.41. The summed E-state index contributed by atoms with van der Waals surface area (Å²) in [5, 5.41) is 8.50. The van der Waals surface area contributed by atoms with Crippen LogP contribution in [0.25, 0.3) is 0 Å². The minimum atomic E-state index is 0.137. The normalized spacial score (nSPS) is 10.1. The second-order valence-corrected chi connectivity index (χ2v) is 1.68. The molecule has 0 saturated heterocycles. The van der Waals surface area contributed by atoms with E-state index < -0.39 is 0 Å². The minimum absolute atomic E-state index is 0.137. The van der Waals surface area contributed by atoms with Crippen LogP contribution in [0.5, 0.6) is 0 Å². The van der Waals surface area contributed by atoms with Crippen LogP contribution in [0.4, 0.5) is 0 Å². The van der Waals surface area contributed by atoms with Gasteiger partial charge in [-0.15, -0.1) is 0 Å². The lowest BCUT2D eigenvalue weighted by Crippen LogP contribution is -1.66. The Morgan fingerprint density at radius 3 is 2.75 bits per heavy atom. The minimum Gasteiger partial charge on any atom is -0.509 e. The van der Waals surface area contributed by atoms with Crippen LogP contribution in [0, 0.1) is 0 Å². The van der Waals surface area contributed by atoms with Crippen molar-refractivity contribution in [3.8, 4) is 0 Å². The molecule has 0 radical (unpaired) electrons. The first-order valence-electron chi connectivity index (χ1n) is 2.81. The molecule has 0 heterocycles. The van der Waals surface area contributed by atoms with E-state index in [4.69, 9.17) is 5.11 Å². The SMILES string of the molecule is C=C(O)/C=C/CCC. The highest BCUT2D eigenvalue weighted by Gasteiger charge is 1.74. The van der Waals surface area contributed by atoms with Gasteiger partial charge in [-0.3, -0.25) is 0 Å². The summed E-state index contributed by atoms with van der Waals surface area (Å²) in [5.74, 6) is 0.137. The quantitative estimate of drug-likeness (QED) is 0.439. The lowest BCUT2D eigenvalue weighted by Gasteiger charge is -1.83. The Morgan fingerprint density at radius 2 is 2.38 bits per heavy atom. The van der Waals surface area contributed by atoms with E-state index in [0.717, 1.165) is 12.8 Å². The van der Waals surface area contributed by atoms with Gasteiger partial charge in [0.05, 0.1) is 0 Å². The molecule has 0 aliphatic rings. The predicted octanol–water partition coefficient (Wildman–Crippen LogP) is 2.41. The summed E-state index contributed by atoms with van der Waals surface area (Å²) in [4.78, 5) is 0. The van der Waals surface area contributed by atoms with Gasteiger partial charge in [0.2, 0.25) is 0 Å². The lowest BCUT2D eigenvalue weighted by molar-refractivity contribution is 0.435. The highest BCUT2D eigenvalue weighted by molar-refractivity contribution is 5.04. The third kappa shape index (κ3) is 5.28. The molecule has 46 valence electrons. The van der Waals surface area contributed by atoms with Crippen LogP contribution < -0.4 is 0 Å². The van der Waals surface area contributed by atoms with Crippen molar-refractivity contribution in [2.24, 2.45) is 0 Å². The van der Waals surface area contributed by atoms with Crippen LogP contribution in [0.3, 0.4) is 0 Å². The molecular weight excluding hydrogens is 100 g/mol. The summed E-state index contributed by atoms with van der Waals surface area (Å²) in [6.07, 6.45) is 5.65. The Bertz CT molecular complexity index is 92.6.